The van der Waals surface area contributed by atoms with Crippen molar-refractivity contribution in [2.24, 2.45) is 16.6 Å². The highest BCUT2D eigenvalue weighted by molar-refractivity contribution is 6.31. The van der Waals surface area contributed by atoms with Crippen molar-refractivity contribution in [2.75, 3.05) is 26.2 Å². The van der Waals surface area contributed by atoms with E-state index in [9.17, 15) is 4.39 Å². The summed E-state index contributed by atoms with van der Waals surface area (Å²) in [4.78, 5) is 6.56. The summed E-state index contributed by atoms with van der Waals surface area (Å²) in [7, 11) is 0. The van der Waals surface area contributed by atoms with Crippen molar-refractivity contribution in [2.45, 2.75) is 32.7 Å². The Hall–Kier alpha value is -1.33. The highest BCUT2D eigenvalue weighted by Crippen LogP contribution is 2.31. The Kier molecular flexibility index (Phi) is 6.66. The van der Waals surface area contributed by atoms with Crippen molar-refractivity contribution in [3.63, 3.8) is 0 Å². The number of benzene rings is 1. The van der Waals surface area contributed by atoms with Crippen LogP contribution in [0.25, 0.3) is 0 Å². The summed E-state index contributed by atoms with van der Waals surface area (Å²) in [6.45, 7) is 7.23. The highest BCUT2D eigenvalue weighted by atomic mass is 35.5. The number of likely N-dealkylation sites (tertiary alicyclic amines) is 1. The van der Waals surface area contributed by atoms with Crippen LogP contribution in [0.2, 0.25) is 5.02 Å². The Morgan fingerprint density at radius 1 is 1.39 bits per heavy atom. The van der Waals surface area contributed by atoms with Gasteiger partial charge in [-0.25, -0.2) is 4.39 Å². The van der Waals surface area contributed by atoms with Crippen molar-refractivity contribution in [3.05, 3.63) is 34.6 Å². The van der Waals surface area contributed by atoms with E-state index in [1.165, 1.54) is 6.07 Å². The predicted molar refractivity (Wildman–Crippen MR) is 94.3 cm³/mol. The van der Waals surface area contributed by atoms with Crippen molar-refractivity contribution >= 4 is 17.6 Å². The second kappa shape index (κ2) is 8.50. The summed E-state index contributed by atoms with van der Waals surface area (Å²) in [6, 6.07) is 4.69. The van der Waals surface area contributed by atoms with E-state index < -0.39 is 0 Å². The lowest BCUT2D eigenvalue weighted by atomic mass is 10.0. The molecule has 1 fully saturated rings. The van der Waals surface area contributed by atoms with E-state index >= 15 is 0 Å². The molecule has 1 heterocycles. The summed E-state index contributed by atoms with van der Waals surface area (Å²) < 4.78 is 14.3. The summed E-state index contributed by atoms with van der Waals surface area (Å²) >= 11 is 6.26. The predicted octanol–water partition coefficient (Wildman–Crippen LogP) is 3.18. The number of nitrogens with two attached hydrogens (primary N) is 1. The smallest absolute Gasteiger partial charge is 0.188 e. The van der Waals surface area contributed by atoms with Crippen LogP contribution >= 0.6 is 11.6 Å². The molecule has 1 aliphatic rings. The van der Waals surface area contributed by atoms with Gasteiger partial charge in [0.1, 0.15) is 5.82 Å². The first-order valence-electron chi connectivity index (χ1n) is 8.20. The minimum atomic E-state index is -0.270. The lowest BCUT2D eigenvalue weighted by Crippen LogP contribution is -2.40. The normalized spacial score (nSPS) is 17.7. The van der Waals surface area contributed by atoms with Crippen LogP contribution in [-0.2, 0) is 0 Å². The van der Waals surface area contributed by atoms with Crippen molar-refractivity contribution in [1.82, 2.24) is 10.2 Å². The Morgan fingerprint density at radius 2 is 2.09 bits per heavy atom. The molecule has 1 aromatic rings. The molecule has 1 atom stereocenters. The van der Waals surface area contributed by atoms with E-state index in [-0.39, 0.29) is 11.9 Å². The third-order valence-corrected chi connectivity index (χ3v) is 4.35. The number of hydrogen-bond acceptors (Lipinski definition) is 2. The van der Waals surface area contributed by atoms with Gasteiger partial charge in [0.2, 0.25) is 0 Å². The first kappa shape index (κ1) is 18.0. The largest absolute Gasteiger partial charge is 0.370 e. The summed E-state index contributed by atoms with van der Waals surface area (Å²) in [5.74, 6) is 0.579. The number of nitrogens with one attached hydrogen (secondary N) is 1. The fourth-order valence-electron chi connectivity index (χ4n) is 2.83. The van der Waals surface area contributed by atoms with E-state index in [0.29, 0.717) is 35.6 Å². The molecule has 3 N–H and O–H groups in total. The zero-order valence-corrected chi connectivity index (χ0v) is 14.6. The van der Waals surface area contributed by atoms with Gasteiger partial charge in [0.15, 0.2) is 5.96 Å². The quantitative estimate of drug-likeness (QED) is 0.617. The van der Waals surface area contributed by atoms with Gasteiger partial charge in [-0.2, -0.15) is 0 Å². The van der Waals surface area contributed by atoms with Crippen molar-refractivity contribution < 1.29 is 4.39 Å². The van der Waals surface area contributed by atoms with Gasteiger partial charge < -0.3 is 11.1 Å². The molecule has 0 spiro atoms. The molecular formula is C17H26ClFN4. The molecule has 0 radical (unpaired) electrons. The SMILES string of the molecule is CC(C)CN=C(N)NCC(c1c(F)cccc1Cl)N1CCCC1. The Bertz CT molecular complexity index is 521. The molecule has 1 aliphatic heterocycles. The number of hydrogen-bond donors (Lipinski definition) is 2. The highest BCUT2D eigenvalue weighted by Gasteiger charge is 2.27. The molecule has 1 unspecified atom stereocenters. The minimum absolute atomic E-state index is 0.140. The lowest BCUT2D eigenvalue weighted by molar-refractivity contribution is 0.240. The van der Waals surface area contributed by atoms with Gasteiger partial charge in [0, 0.05) is 23.7 Å². The second-order valence-electron chi connectivity index (χ2n) is 6.39. The topological polar surface area (TPSA) is 53.6 Å². The van der Waals surface area contributed by atoms with Gasteiger partial charge in [0.05, 0.1) is 6.04 Å². The fourth-order valence-corrected chi connectivity index (χ4v) is 3.12. The standard InChI is InChI=1S/C17H26ClFN4/c1-12(2)10-21-17(20)22-11-15(23-8-3-4-9-23)16-13(18)6-5-7-14(16)19/h5-7,12,15H,3-4,8-11H2,1-2H3,(H3,20,21,22). The van der Waals surface area contributed by atoms with Gasteiger partial charge in [-0.05, 0) is 44.0 Å². The van der Waals surface area contributed by atoms with E-state index in [2.05, 4.69) is 29.1 Å². The van der Waals surface area contributed by atoms with E-state index in [1.807, 2.05) is 0 Å². The van der Waals surface area contributed by atoms with Crippen LogP contribution in [0.4, 0.5) is 4.39 Å². The van der Waals surface area contributed by atoms with Crippen LogP contribution in [-0.4, -0.2) is 37.0 Å². The van der Waals surface area contributed by atoms with Gasteiger partial charge in [0.25, 0.3) is 0 Å². The molecular weight excluding hydrogens is 315 g/mol. The fraction of sp³-hybridized carbons (Fsp3) is 0.588. The molecule has 0 aliphatic carbocycles. The van der Waals surface area contributed by atoms with Crippen molar-refractivity contribution in [1.29, 1.82) is 0 Å². The van der Waals surface area contributed by atoms with Crippen LogP contribution in [0.3, 0.4) is 0 Å². The Labute approximate surface area is 142 Å². The maximum Gasteiger partial charge on any atom is 0.188 e. The number of guanidine groups is 1. The molecule has 0 saturated carbocycles. The molecule has 0 amide bonds. The number of aliphatic imine (C=N–C) groups is 1. The monoisotopic (exact) mass is 340 g/mol. The molecule has 1 aromatic carbocycles. The average molecular weight is 341 g/mol. The molecule has 2 rings (SSSR count). The molecule has 1 saturated heterocycles. The van der Waals surface area contributed by atoms with E-state index in [0.717, 1.165) is 25.9 Å². The Morgan fingerprint density at radius 3 is 2.70 bits per heavy atom. The zero-order chi connectivity index (χ0) is 16.8. The molecule has 6 heteroatoms. The maximum absolute atomic E-state index is 14.3. The second-order valence-corrected chi connectivity index (χ2v) is 6.80. The maximum atomic E-state index is 14.3. The third-order valence-electron chi connectivity index (χ3n) is 4.02. The van der Waals surface area contributed by atoms with Crippen LogP contribution < -0.4 is 11.1 Å². The van der Waals surface area contributed by atoms with Crippen LogP contribution in [0.5, 0.6) is 0 Å². The van der Waals surface area contributed by atoms with Gasteiger partial charge in [-0.1, -0.05) is 31.5 Å². The molecule has 0 bridgehead atoms. The van der Waals surface area contributed by atoms with Gasteiger partial charge in [-0.3, -0.25) is 9.89 Å². The summed E-state index contributed by atoms with van der Waals surface area (Å²) in [6.07, 6.45) is 2.25. The van der Waals surface area contributed by atoms with Crippen LogP contribution in [0.1, 0.15) is 38.3 Å². The van der Waals surface area contributed by atoms with Crippen molar-refractivity contribution in [3.8, 4) is 0 Å². The van der Waals surface area contributed by atoms with E-state index in [4.69, 9.17) is 17.3 Å². The minimum Gasteiger partial charge on any atom is -0.370 e. The Balaban J connectivity index is 2.14. The number of rotatable bonds is 6. The molecule has 23 heavy (non-hydrogen) atoms. The van der Waals surface area contributed by atoms with E-state index in [1.54, 1.807) is 12.1 Å². The number of halogens is 2. The molecule has 0 aromatic heterocycles. The summed E-state index contributed by atoms with van der Waals surface area (Å²) in [5, 5.41) is 3.59. The van der Waals surface area contributed by atoms with Crippen LogP contribution in [0, 0.1) is 11.7 Å². The third kappa shape index (κ3) is 5.08. The lowest BCUT2D eigenvalue weighted by Gasteiger charge is -2.29. The summed E-state index contributed by atoms with van der Waals surface area (Å²) in [5.41, 5.74) is 6.46. The molecule has 4 nitrogen and oxygen atoms in total. The molecule has 128 valence electrons. The number of nitrogens with zero attached hydrogens (tertiary/aromatic N) is 2. The average Bonchev–Trinajstić information content (AvgIpc) is 3.02. The first-order valence-corrected chi connectivity index (χ1v) is 8.58. The van der Waals surface area contributed by atoms with Gasteiger partial charge >= 0.3 is 0 Å². The zero-order valence-electron chi connectivity index (χ0n) is 13.9. The van der Waals surface area contributed by atoms with Crippen LogP contribution in [0.15, 0.2) is 23.2 Å². The van der Waals surface area contributed by atoms with Gasteiger partial charge in [-0.15, -0.1) is 0 Å². The first-order chi connectivity index (χ1) is 11.0.